The molecule has 0 radical (unpaired) electrons. The molecular formula is C17H16FNO3. The Labute approximate surface area is 127 Å². The number of rotatable bonds is 4. The Balaban J connectivity index is 2.03. The van der Waals surface area contributed by atoms with E-state index in [1.807, 2.05) is 0 Å². The quantitative estimate of drug-likeness (QED) is 0.693. The summed E-state index contributed by atoms with van der Waals surface area (Å²) < 4.78 is 18.1. The molecule has 2 aromatic carbocycles. The lowest BCUT2D eigenvalue weighted by Gasteiger charge is -2.08. The Morgan fingerprint density at radius 1 is 1.09 bits per heavy atom. The van der Waals surface area contributed by atoms with Crippen LogP contribution in [0.3, 0.4) is 0 Å². The van der Waals surface area contributed by atoms with Crippen LogP contribution in [0.2, 0.25) is 0 Å². The van der Waals surface area contributed by atoms with Gasteiger partial charge in [0.05, 0.1) is 5.56 Å². The van der Waals surface area contributed by atoms with Gasteiger partial charge in [-0.1, -0.05) is 19.9 Å². The van der Waals surface area contributed by atoms with E-state index in [-0.39, 0.29) is 17.6 Å². The molecule has 2 rings (SSSR count). The standard InChI is InChI=1S/C17H16FNO3/c1-11(2)16(20)19-14-8-6-12(7-9-14)17(21)22-15-5-3-4-13(18)10-15/h3-11H,1-2H3,(H,19,20). The number of carbonyl (C=O) groups is 2. The van der Waals surface area contributed by atoms with Gasteiger partial charge in [0.15, 0.2) is 0 Å². The second-order valence-corrected chi connectivity index (χ2v) is 5.07. The summed E-state index contributed by atoms with van der Waals surface area (Å²) in [6.45, 7) is 3.58. The van der Waals surface area contributed by atoms with E-state index in [9.17, 15) is 14.0 Å². The number of anilines is 1. The molecule has 0 saturated carbocycles. The summed E-state index contributed by atoms with van der Waals surface area (Å²) in [6.07, 6.45) is 0. The van der Waals surface area contributed by atoms with Crippen LogP contribution < -0.4 is 10.1 Å². The highest BCUT2D eigenvalue weighted by molar-refractivity contribution is 5.94. The van der Waals surface area contributed by atoms with Crippen LogP contribution >= 0.6 is 0 Å². The van der Waals surface area contributed by atoms with E-state index in [1.165, 1.54) is 30.3 Å². The van der Waals surface area contributed by atoms with Gasteiger partial charge in [-0.05, 0) is 36.4 Å². The van der Waals surface area contributed by atoms with Crippen LogP contribution in [0.25, 0.3) is 0 Å². The molecule has 22 heavy (non-hydrogen) atoms. The molecule has 4 nitrogen and oxygen atoms in total. The number of ether oxygens (including phenoxy) is 1. The first-order valence-corrected chi connectivity index (χ1v) is 6.84. The molecule has 0 aliphatic carbocycles. The van der Waals surface area contributed by atoms with Crippen molar-refractivity contribution in [2.75, 3.05) is 5.32 Å². The van der Waals surface area contributed by atoms with E-state index in [0.717, 1.165) is 6.07 Å². The summed E-state index contributed by atoms with van der Waals surface area (Å²) >= 11 is 0. The zero-order valence-electron chi connectivity index (χ0n) is 12.3. The largest absolute Gasteiger partial charge is 0.423 e. The molecule has 2 aromatic rings. The number of esters is 1. The molecular weight excluding hydrogens is 285 g/mol. The lowest BCUT2D eigenvalue weighted by molar-refractivity contribution is -0.118. The molecule has 0 aliphatic heterocycles. The van der Waals surface area contributed by atoms with Crippen molar-refractivity contribution in [1.82, 2.24) is 0 Å². The number of benzene rings is 2. The van der Waals surface area contributed by atoms with Crippen molar-refractivity contribution in [1.29, 1.82) is 0 Å². The van der Waals surface area contributed by atoms with E-state index in [0.29, 0.717) is 11.3 Å². The summed E-state index contributed by atoms with van der Waals surface area (Å²) in [4.78, 5) is 23.5. The summed E-state index contributed by atoms with van der Waals surface area (Å²) in [7, 11) is 0. The molecule has 0 aromatic heterocycles. The number of nitrogens with one attached hydrogen (secondary N) is 1. The Bertz CT molecular complexity index is 681. The third-order valence-corrected chi connectivity index (χ3v) is 2.92. The molecule has 0 spiro atoms. The molecule has 0 heterocycles. The summed E-state index contributed by atoms with van der Waals surface area (Å²) in [6, 6.07) is 11.7. The van der Waals surface area contributed by atoms with Crippen LogP contribution in [-0.2, 0) is 4.79 Å². The topological polar surface area (TPSA) is 55.4 Å². The monoisotopic (exact) mass is 301 g/mol. The molecule has 114 valence electrons. The van der Waals surface area contributed by atoms with Gasteiger partial charge >= 0.3 is 5.97 Å². The maximum absolute atomic E-state index is 13.0. The van der Waals surface area contributed by atoms with E-state index in [1.54, 1.807) is 26.0 Å². The highest BCUT2D eigenvalue weighted by atomic mass is 19.1. The predicted octanol–water partition coefficient (Wildman–Crippen LogP) is 3.64. The average molecular weight is 301 g/mol. The molecule has 0 bridgehead atoms. The Kier molecular flexibility index (Phi) is 4.88. The van der Waals surface area contributed by atoms with Gasteiger partial charge in [0, 0.05) is 17.7 Å². The second-order valence-electron chi connectivity index (χ2n) is 5.07. The third-order valence-electron chi connectivity index (χ3n) is 2.92. The first kappa shape index (κ1) is 15.7. The van der Waals surface area contributed by atoms with Crippen LogP contribution in [0.4, 0.5) is 10.1 Å². The second kappa shape index (κ2) is 6.85. The van der Waals surface area contributed by atoms with Gasteiger partial charge in [-0.25, -0.2) is 9.18 Å². The molecule has 0 aliphatic rings. The maximum atomic E-state index is 13.0. The van der Waals surface area contributed by atoms with Gasteiger partial charge in [0.2, 0.25) is 5.91 Å². The highest BCUT2D eigenvalue weighted by Gasteiger charge is 2.11. The van der Waals surface area contributed by atoms with E-state index in [4.69, 9.17) is 4.74 Å². The van der Waals surface area contributed by atoms with Gasteiger partial charge < -0.3 is 10.1 Å². The van der Waals surface area contributed by atoms with Crippen molar-refractivity contribution in [3.8, 4) is 5.75 Å². The fourth-order valence-corrected chi connectivity index (χ4v) is 1.67. The van der Waals surface area contributed by atoms with Crippen molar-refractivity contribution in [3.63, 3.8) is 0 Å². The molecule has 0 unspecified atom stereocenters. The Morgan fingerprint density at radius 3 is 2.36 bits per heavy atom. The minimum atomic E-state index is -0.590. The first-order chi connectivity index (χ1) is 10.5. The van der Waals surface area contributed by atoms with Gasteiger partial charge in [-0.3, -0.25) is 4.79 Å². The Morgan fingerprint density at radius 2 is 1.77 bits per heavy atom. The zero-order valence-corrected chi connectivity index (χ0v) is 12.3. The zero-order chi connectivity index (χ0) is 16.1. The first-order valence-electron chi connectivity index (χ1n) is 6.84. The number of halogens is 1. The highest BCUT2D eigenvalue weighted by Crippen LogP contribution is 2.16. The number of amides is 1. The Hall–Kier alpha value is -2.69. The molecule has 1 N–H and O–H groups in total. The maximum Gasteiger partial charge on any atom is 0.343 e. The van der Waals surface area contributed by atoms with Gasteiger partial charge in [0.1, 0.15) is 11.6 Å². The van der Waals surface area contributed by atoms with E-state index >= 15 is 0 Å². The predicted molar refractivity (Wildman–Crippen MR) is 81.3 cm³/mol. The number of carbonyl (C=O) groups excluding carboxylic acids is 2. The van der Waals surface area contributed by atoms with Crippen LogP contribution in [0.1, 0.15) is 24.2 Å². The smallest absolute Gasteiger partial charge is 0.343 e. The molecule has 0 saturated heterocycles. The van der Waals surface area contributed by atoms with E-state index in [2.05, 4.69) is 5.32 Å². The fourth-order valence-electron chi connectivity index (χ4n) is 1.67. The van der Waals surface area contributed by atoms with Crippen LogP contribution in [0, 0.1) is 11.7 Å². The molecule has 0 atom stereocenters. The van der Waals surface area contributed by atoms with E-state index < -0.39 is 11.8 Å². The lowest BCUT2D eigenvalue weighted by atomic mass is 10.1. The average Bonchev–Trinajstić information content (AvgIpc) is 2.47. The van der Waals surface area contributed by atoms with Crippen LogP contribution in [0.15, 0.2) is 48.5 Å². The van der Waals surface area contributed by atoms with Crippen molar-refractivity contribution >= 4 is 17.6 Å². The summed E-state index contributed by atoms with van der Waals surface area (Å²) in [5.41, 5.74) is 0.910. The molecule has 1 amide bonds. The van der Waals surface area contributed by atoms with Crippen molar-refractivity contribution in [3.05, 3.63) is 59.9 Å². The molecule has 5 heteroatoms. The normalized spacial score (nSPS) is 10.4. The van der Waals surface area contributed by atoms with Gasteiger partial charge in [0.25, 0.3) is 0 Å². The van der Waals surface area contributed by atoms with Crippen molar-refractivity contribution < 1.29 is 18.7 Å². The van der Waals surface area contributed by atoms with Crippen LogP contribution in [-0.4, -0.2) is 11.9 Å². The summed E-state index contributed by atoms with van der Waals surface area (Å²) in [5.74, 6) is -1.15. The SMILES string of the molecule is CC(C)C(=O)Nc1ccc(C(=O)Oc2cccc(F)c2)cc1. The third kappa shape index (κ3) is 4.15. The summed E-state index contributed by atoms with van der Waals surface area (Å²) in [5, 5.41) is 2.72. The minimum absolute atomic E-state index is 0.102. The van der Waals surface area contributed by atoms with Crippen LogP contribution in [0.5, 0.6) is 5.75 Å². The van der Waals surface area contributed by atoms with Crippen molar-refractivity contribution in [2.45, 2.75) is 13.8 Å². The fraction of sp³-hybridized carbons (Fsp3) is 0.176. The van der Waals surface area contributed by atoms with Crippen molar-refractivity contribution in [2.24, 2.45) is 5.92 Å². The molecule has 0 fully saturated rings. The van der Waals surface area contributed by atoms with Gasteiger partial charge in [-0.15, -0.1) is 0 Å². The number of hydrogen-bond donors (Lipinski definition) is 1. The minimum Gasteiger partial charge on any atom is -0.423 e. The number of hydrogen-bond acceptors (Lipinski definition) is 3. The van der Waals surface area contributed by atoms with Gasteiger partial charge in [-0.2, -0.15) is 0 Å². The lowest BCUT2D eigenvalue weighted by Crippen LogP contribution is -2.17.